The number of halogens is 1. The molecule has 0 bridgehead atoms. The molecule has 0 amide bonds. The summed E-state index contributed by atoms with van der Waals surface area (Å²) in [4.78, 5) is 4.34. The van der Waals surface area contributed by atoms with Crippen LogP contribution in [0, 0.1) is 0 Å². The van der Waals surface area contributed by atoms with Crippen molar-refractivity contribution < 1.29 is 9.47 Å². The monoisotopic (exact) mass is 392 g/mol. The van der Waals surface area contributed by atoms with Gasteiger partial charge in [-0.2, -0.15) is 0 Å². The lowest BCUT2D eigenvalue weighted by Gasteiger charge is -2.10. The SMILES string of the molecule is COc1ccc(-c2ccc(/C=C/C(N)=Nc3ccc(Cl)cc3)cc2)cc1OC. The summed E-state index contributed by atoms with van der Waals surface area (Å²) in [6.45, 7) is 0. The molecule has 0 atom stereocenters. The topological polar surface area (TPSA) is 56.8 Å². The van der Waals surface area contributed by atoms with E-state index in [0.717, 1.165) is 22.4 Å². The van der Waals surface area contributed by atoms with Gasteiger partial charge >= 0.3 is 0 Å². The zero-order chi connectivity index (χ0) is 19.9. The van der Waals surface area contributed by atoms with E-state index in [0.29, 0.717) is 22.4 Å². The van der Waals surface area contributed by atoms with Crippen LogP contribution in [0.4, 0.5) is 5.69 Å². The van der Waals surface area contributed by atoms with Gasteiger partial charge in [0.2, 0.25) is 0 Å². The molecule has 3 aromatic carbocycles. The molecule has 2 N–H and O–H groups in total. The van der Waals surface area contributed by atoms with Gasteiger partial charge in [0.25, 0.3) is 0 Å². The minimum absolute atomic E-state index is 0.422. The van der Waals surface area contributed by atoms with Crippen LogP contribution in [0.3, 0.4) is 0 Å². The first-order valence-electron chi connectivity index (χ1n) is 8.69. The second-order valence-corrected chi connectivity index (χ2v) is 6.47. The van der Waals surface area contributed by atoms with Crippen molar-refractivity contribution in [1.29, 1.82) is 0 Å². The summed E-state index contributed by atoms with van der Waals surface area (Å²) < 4.78 is 10.7. The third-order valence-corrected chi connectivity index (χ3v) is 4.41. The number of nitrogens with two attached hydrogens (primary N) is 1. The van der Waals surface area contributed by atoms with Crippen molar-refractivity contribution in [2.75, 3.05) is 14.2 Å². The Balaban J connectivity index is 1.73. The standard InChI is InChI=1S/C23H21ClN2O2/c1-27-21-13-8-18(15-22(21)28-2)17-6-3-16(4-7-17)5-14-23(25)26-20-11-9-19(24)10-12-20/h3-15H,1-2H3,(H2,25,26)/b14-5+. The summed E-state index contributed by atoms with van der Waals surface area (Å²) in [7, 11) is 3.26. The average Bonchev–Trinajstić information content (AvgIpc) is 2.73. The van der Waals surface area contributed by atoms with E-state index < -0.39 is 0 Å². The second-order valence-electron chi connectivity index (χ2n) is 6.04. The summed E-state index contributed by atoms with van der Waals surface area (Å²) in [6.07, 6.45) is 3.70. The van der Waals surface area contributed by atoms with Crippen molar-refractivity contribution in [2.45, 2.75) is 0 Å². The molecule has 0 aliphatic carbocycles. The smallest absolute Gasteiger partial charge is 0.161 e. The van der Waals surface area contributed by atoms with Crippen LogP contribution in [-0.4, -0.2) is 20.1 Å². The van der Waals surface area contributed by atoms with Gasteiger partial charge in [-0.25, -0.2) is 4.99 Å². The predicted octanol–water partition coefficient (Wildman–Crippen LogP) is 5.73. The minimum atomic E-state index is 0.422. The molecule has 0 saturated heterocycles. The Morgan fingerprint density at radius 1 is 0.857 bits per heavy atom. The van der Waals surface area contributed by atoms with Crippen LogP contribution >= 0.6 is 11.6 Å². The Morgan fingerprint density at radius 3 is 2.14 bits per heavy atom. The normalized spacial score (nSPS) is 11.6. The predicted molar refractivity (Wildman–Crippen MR) is 117 cm³/mol. The van der Waals surface area contributed by atoms with Crippen molar-refractivity contribution in [2.24, 2.45) is 10.7 Å². The molecule has 0 aliphatic heterocycles. The first-order chi connectivity index (χ1) is 13.6. The number of benzene rings is 3. The van der Waals surface area contributed by atoms with Gasteiger partial charge in [0.05, 0.1) is 19.9 Å². The highest BCUT2D eigenvalue weighted by atomic mass is 35.5. The molecule has 28 heavy (non-hydrogen) atoms. The Morgan fingerprint density at radius 2 is 1.50 bits per heavy atom. The molecule has 3 aromatic rings. The van der Waals surface area contributed by atoms with Crippen molar-refractivity contribution in [3.05, 3.63) is 83.4 Å². The zero-order valence-corrected chi connectivity index (χ0v) is 16.5. The highest BCUT2D eigenvalue weighted by molar-refractivity contribution is 6.30. The molecular formula is C23H21ClN2O2. The Bertz CT molecular complexity index is 994. The summed E-state index contributed by atoms with van der Waals surface area (Å²) in [5.41, 5.74) is 9.90. The number of amidine groups is 1. The molecule has 0 radical (unpaired) electrons. The maximum atomic E-state index is 5.98. The number of aliphatic imine (C=N–C) groups is 1. The molecule has 0 saturated carbocycles. The molecule has 5 heteroatoms. The zero-order valence-electron chi connectivity index (χ0n) is 15.7. The number of ether oxygens (including phenoxy) is 2. The van der Waals surface area contributed by atoms with Gasteiger partial charge in [-0.3, -0.25) is 0 Å². The average molecular weight is 393 g/mol. The number of rotatable bonds is 6. The quantitative estimate of drug-likeness (QED) is 0.430. The molecule has 0 fully saturated rings. The summed E-state index contributed by atoms with van der Waals surface area (Å²) >= 11 is 5.87. The number of nitrogens with zero attached hydrogens (tertiary/aromatic N) is 1. The van der Waals surface area contributed by atoms with E-state index in [1.807, 2.05) is 60.7 Å². The highest BCUT2D eigenvalue weighted by Gasteiger charge is 2.06. The van der Waals surface area contributed by atoms with Gasteiger partial charge in [0, 0.05) is 5.02 Å². The Hall–Kier alpha value is -3.24. The first kappa shape index (κ1) is 19.5. The van der Waals surface area contributed by atoms with Crippen molar-refractivity contribution in [1.82, 2.24) is 0 Å². The number of hydrogen-bond donors (Lipinski definition) is 1. The molecule has 0 spiro atoms. The fraction of sp³-hybridized carbons (Fsp3) is 0.0870. The summed E-state index contributed by atoms with van der Waals surface area (Å²) in [5, 5.41) is 0.669. The molecule has 142 valence electrons. The molecule has 0 unspecified atom stereocenters. The number of hydrogen-bond acceptors (Lipinski definition) is 3. The Kier molecular flexibility index (Phi) is 6.35. The first-order valence-corrected chi connectivity index (χ1v) is 9.07. The maximum absolute atomic E-state index is 5.98. The van der Waals surface area contributed by atoms with Crippen molar-refractivity contribution in [3.63, 3.8) is 0 Å². The van der Waals surface area contributed by atoms with Crippen LogP contribution in [0.5, 0.6) is 11.5 Å². The van der Waals surface area contributed by atoms with Gasteiger partial charge in [0.15, 0.2) is 11.5 Å². The molecular weight excluding hydrogens is 372 g/mol. The minimum Gasteiger partial charge on any atom is -0.493 e. The van der Waals surface area contributed by atoms with Crippen LogP contribution in [0.15, 0.2) is 77.8 Å². The summed E-state index contributed by atoms with van der Waals surface area (Å²) in [5.74, 6) is 1.84. The summed E-state index contributed by atoms with van der Waals surface area (Å²) in [6, 6.07) is 21.2. The van der Waals surface area contributed by atoms with Crippen LogP contribution in [0.2, 0.25) is 5.02 Å². The molecule has 0 aliphatic rings. The third kappa shape index (κ3) is 4.93. The van der Waals surface area contributed by atoms with Crippen LogP contribution < -0.4 is 15.2 Å². The van der Waals surface area contributed by atoms with Gasteiger partial charge in [0.1, 0.15) is 5.84 Å². The third-order valence-electron chi connectivity index (χ3n) is 4.16. The van der Waals surface area contributed by atoms with Gasteiger partial charge in [-0.05, 0) is 59.2 Å². The molecule has 4 nitrogen and oxygen atoms in total. The maximum Gasteiger partial charge on any atom is 0.161 e. The number of methoxy groups -OCH3 is 2. The lowest BCUT2D eigenvalue weighted by atomic mass is 10.0. The molecule has 0 heterocycles. The van der Waals surface area contributed by atoms with E-state index in [1.165, 1.54) is 0 Å². The van der Waals surface area contributed by atoms with E-state index >= 15 is 0 Å². The fourth-order valence-electron chi connectivity index (χ4n) is 2.69. The van der Waals surface area contributed by atoms with Gasteiger partial charge in [-0.15, -0.1) is 0 Å². The lowest BCUT2D eigenvalue weighted by molar-refractivity contribution is 0.355. The van der Waals surface area contributed by atoms with Crippen molar-refractivity contribution in [3.8, 4) is 22.6 Å². The Labute approximate surface area is 169 Å². The fourth-order valence-corrected chi connectivity index (χ4v) is 2.81. The van der Waals surface area contributed by atoms with E-state index in [1.54, 1.807) is 32.4 Å². The lowest BCUT2D eigenvalue weighted by Crippen LogP contribution is -2.06. The van der Waals surface area contributed by atoms with E-state index in [2.05, 4.69) is 4.99 Å². The largest absolute Gasteiger partial charge is 0.493 e. The molecule has 3 rings (SSSR count). The van der Waals surface area contributed by atoms with Crippen LogP contribution in [-0.2, 0) is 0 Å². The van der Waals surface area contributed by atoms with E-state index in [-0.39, 0.29) is 0 Å². The van der Waals surface area contributed by atoms with Crippen molar-refractivity contribution >= 4 is 29.2 Å². The van der Waals surface area contributed by atoms with Gasteiger partial charge < -0.3 is 15.2 Å². The van der Waals surface area contributed by atoms with E-state index in [9.17, 15) is 0 Å². The van der Waals surface area contributed by atoms with Gasteiger partial charge in [-0.1, -0.05) is 48.0 Å². The van der Waals surface area contributed by atoms with Crippen LogP contribution in [0.25, 0.3) is 17.2 Å². The molecule has 0 aromatic heterocycles. The second kappa shape index (κ2) is 9.11. The van der Waals surface area contributed by atoms with Crippen LogP contribution in [0.1, 0.15) is 5.56 Å². The highest BCUT2D eigenvalue weighted by Crippen LogP contribution is 2.32. The van der Waals surface area contributed by atoms with E-state index in [4.69, 9.17) is 26.8 Å².